The number of nitriles is 1. The Bertz CT molecular complexity index is 645. The maximum Gasteiger partial charge on any atom is 0.407 e. The van der Waals surface area contributed by atoms with Crippen LogP contribution in [0, 0.1) is 11.3 Å². The average molecular weight is 388 g/mol. The number of hydrogen-bond donors (Lipinski definition) is 2. The van der Waals surface area contributed by atoms with Gasteiger partial charge in [0, 0.05) is 13.8 Å². The summed E-state index contributed by atoms with van der Waals surface area (Å²) < 4.78 is 20.5. The second-order valence-corrected chi connectivity index (χ2v) is 4.96. The minimum atomic E-state index is -1.08. The lowest BCUT2D eigenvalue weighted by Gasteiger charge is -2.21. The van der Waals surface area contributed by atoms with Crippen molar-refractivity contribution in [3.8, 4) is 17.6 Å². The normalized spacial score (nSPS) is 12.4. The van der Waals surface area contributed by atoms with Crippen molar-refractivity contribution in [2.75, 3.05) is 0 Å². The molecule has 0 fully saturated rings. The Morgan fingerprint density at radius 3 is 2.00 bits per heavy atom. The van der Waals surface area contributed by atoms with Crippen molar-refractivity contribution in [1.82, 2.24) is 0 Å². The molecule has 1 aromatic rings. The molecule has 0 spiro atoms. The van der Waals surface area contributed by atoms with Crippen molar-refractivity contribution in [3.05, 3.63) is 22.2 Å². The van der Waals surface area contributed by atoms with Gasteiger partial charge < -0.3 is 30.4 Å². The van der Waals surface area contributed by atoms with Crippen LogP contribution in [-0.4, -0.2) is 24.8 Å². The predicted molar refractivity (Wildman–Crippen MR) is 80.4 cm³/mol. The Labute approximate surface area is 140 Å². The fourth-order valence-electron chi connectivity index (χ4n) is 1.56. The maximum atomic E-state index is 10.7. The van der Waals surface area contributed by atoms with Crippen LogP contribution in [0.4, 0.5) is 9.59 Å². The number of carbonyl (C=O) groups excluding carboxylic acids is 2. The zero-order valence-electron chi connectivity index (χ0n) is 12.2. The second-order valence-electron chi connectivity index (χ2n) is 4.11. The van der Waals surface area contributed by atoms with Crippen LogP contribution in [0.15, 0.2) is 16.6 Å². The third kappa shape index (κ3) is 5.55. The first-order valence-corrected chi connectivity index (χ1v) is 7.02. The molecule has 2 unspecified atom stereocenters. The number of nitrogens with two attached hydrogens (primary N) is 2. The van der Waals surface area contributed by atoms with Crippen LogP contribution < -0.4 is 20.9 Å². The molecular weight excluding hydrogens is 374 g/mol. The molecule has 124 valence electrons. The Balaban J connectivity index is 3.14. The van der Waals surface area contributed by atoms with Gasteiger partial charge in [-0.05, 0) is 28.1 Å². The Hall–Kier alpha value is -2.67. The summed E-state index contributed by atoms with van der Waals surface area (Å²) in [7, 11) is 0. The molecule has 0 aliphatic carbocycles. The third-order valence-electron chi connectivity index (χ3n) is 2.32. The molecule has 0 bridgehead atoms. The minimum absolute atomic E-state index is 0.0180. The largest absolute Gasteiger partial charge is 0.450 e. The van der Waals surface area contributed by atoms with Crippen LogP contribution in [0.25, 0.3) is 0 Å². The number of primary amides is 2. The average Bonchev–Trinajstić information content (AvgIpc) is 2.41. The summed E-state index contributed by atoms with van der Waals surface area (Å²) in [5.41, 5.74) is 9.92. The van der Waals surface area contributed by atoms with Gasteiger partial charge in [0.05, 0.1) is 10.0 Å². The number of hydrogen-bond acceptors (Lipinski definition) is 7. The van der Waals surface area contributed by atoms with E-state index < -0.39 is 24.8 Å². The van der Waals surface area contributed by atoms with E-state index in [4.69, 9.17) is 26.2 Å². The van der Waals surface area contributed by atoms with Crippen molar-refractivity contribution >= 4 is 28.1 Å². The van der Waals surface area contributed by atoms with Gasteiger partial charge in [0.25, 0.3) is 0 Å². The van der Waals surface area contributed by atoms with Crippen LogP contribution in [0.3, 0.4) is 0 Å². The lowest BCUT2D eigenvalue weighted by Crippen LogP contribution is -2.27. The quantitative estimate of drug-likeness (QED) is 0.708. The molecule has 0 aliphatic rings. The molecule has 0 radical (unpaired) electrons. The SMILES string of the molecule is CC(OC(N)=O)Oc1c(Br)ccc(C#N)c1OC(C)OC(N)=O. The van der Waals surface area contributed by atoms with Gasteiger partial charge in [-0.25, -0.2) is 9.59 Å². The van der Waals surface area contributed by atoms with Gasteiger partial charge in [-0.2, -0.15) is 5.26 Å². The zero-order chi connectivity index (χ0) is 17.6. The number of carbonyl (C=O) groups is 2. The molecule has 4 N–H and O–H groups in total. The highest BCUT2D eigenvalue weighted by molar-refractivity contribution is 9.10. The summed E-state index contributed by atoms with van der Waals surface area (Å²) >= 11 is 3.23. The monoisotopic (exact) mass is 387 g/mol. The third-order valence-corrected chi connectivity index (χ3v) is 2.94. The lowest BCUT2D eigenvalue weighted by molar-refractivity contribution is -0.0323. The van der Waals surface area contributed by atoms with E-state index in [2.05, 4.69) is 25.4 Å². The molecule has 2 atom stereocenters. The fourth-order valence-corrected chi connectivity index (χ4v) is 1.97. The summed E-state index contributed by atoms with van der Waals surface area (Å²) in [5.74, 6) is 0.0493. The molecule has 1 rings (SSSR count). The standard InChI is InChI=1S/C13H14BrN3O6/c1-6(22-12(16)18)20-10-8(5-15)3-4-9(14)11(10)21-7(2)23-13(17)19/h3-4,6-7H,1-2H3,(H2,16,18)(H2,17,19). The van der Waals surface area contributed by atoms with Crippen molar-refractivity contribution in [1.29, 1.82) is 5.26 Å². The molecule has 0 aromatic heterocycles. The van der Waals surface area contributed by atoms with Crippen LogP contribution in [0.1, 0.15) is 19.4 Å². The molecule has 0 aliphatic heterocycles. The smallest absolute Gasteiger partial charge is 0.407 e. The molecule has 0 saturated carbocycles. The van der Waals surface area contributed by atoms with Gasteiger partial charge in [-0.1, -0.05) is 0 Å². The van der Waals surface area contributed by atoms with E-state index in [1.54, 1.807) is 0 Å². The van der Waals surface area contributed by atoms with E-state index in [0.29, 0.717) is 4.47 Å². The van der Waals surface area contributed by atoms with E-state index in [9.17, 15) is 9.59 Å². The molecule has 9 nitrogen and oxygen atoms in total. The summed E-state index contributed by atoms with van der Waals surface area (Å²) in [6.45, 7) is 2.82. The zero-order valence-corrected chi connectivity index (χ0v) is 13.8. The Kier molecular flexibility index (Phi) is 6.47. The van der Waals surface area contributed by atoms with Gasteiger partial charge in [-0.3, -0.25) is 0 Å². The first kappa shape index (κ1) is 18.4. The summed E-state index contributed by atoms with van der Waals surface area (Å²) in [6, 6.07) is 4.91. The first-order valence-electron chi connectivity index (χ1n) is 6.22. The van der Waals surface area contributed by atoms with Crippen LogP contribution in [-0.2, 0) is 9.47 Å². The highest BCUT2D eigenvalue weighted by Crippen LogP contribution is 2.39. The number of amides is 2. The molecule has 0 saturated heterocycles. The first-order chi connectivity index (χ1) is 10.7. The fraction of sp³-hybridized carbons (Fsp3) is 0.308. The second kappa shape index (κ2) is 8.09. The van der Waals surface area contributed by atoms with E-state index >= 15 is 0 Å². The molecule has 23 heavy (non-hydrogen) atoms. The number of nitrogens with zero attached hydrogens (tertiary/aromatic N) is 1. The van der Waals surface area contributed by atoms with E-state index in [1.165, 1.54) is 26.0 Å². The number of benzene rings is 1. The predicted octanol–water partition coefficient (Wildman–Crippen LogP) is 1.96. The highest BCUT2D eigenvalue weighted by Gasteiger charge is 2.21. The summed E-state index contributed by atoms with van der Waals surface area (Å²) in [4.78, 5) is 21.5. The van der Waals surface area contributed by atoms with E-state index in [-0.39, 0.29) is 17.1 Å². The van der Waals surface area contributed by atoms with Crippen molar-refractivity contribution in [3.63, 3.8) is 0 Å². The van der Waals surface area contributed by atoms with Crippen LogP contribution in [0.5, 0.6) is 11.5 Å². The number of ether oxygens (including phenoxy) is 4. The van der Waals surface area contributed by atoms with Crippen LogP contribution in [0.2, 0.25) is 0 Å². The Morgan fingerprint density at radius 2 is 1.57 bits per heavy atom. The molecule has 10 heteroatoms. The maximum absolute atomic E-state index is 10.7. The molecule has 1 aromatic carbocycles. The van der Waals surface area contributed by atoms with Crippen LogP contribution >= 0.6 is 15.9 Å². The molecule has 0 heterocycles. The summed E-state index contributed by atoms with van der Waals surface area (Å²) in [6.07, 6.45) is -4.20. The lowest BCUT2D eigenvalue weighted by atomic mass is 10.2. The highest BCUT2D eigenvalue weighted by atomic mass is 79.9. The van der Waals surface area contributed by atoms with Gasteiger partial charge in [-0.15, -0.1) is 0 Å². The molecule has 2 amide bonds. The number of halogens is 1. The van der Waals surface area contributed by atoms with Crippen molar-refractivity contribution in [2.24, 2.45) is 11.5 Å². The number of rotatable bonds is 6. The van der Waals surface area contributed by atoms with Gasteiger partial charge in [0.15, 0.2) is 11.5 Å². The van der Waals surface area contributed by atoms with Crippen molar-refractivity contribution < 1.29 is 28.5 Å². The minimum Gasteiger partial charge on any atom is -0.450 e. The van der Waals surface area contributed by atoms with E-state index in [0.717, 1.165) is 0 Å². The van der Waals surface area contributed by atoms with Gasteiger partial charge >= 0.3 is 12.2 Å². The topological polar surface area (TPSA) is 147 Å². The van der Waals surface area contributed by atoms with Gasteiger partial charge in [0.2, 0.25) is 12.6 Å². The van der Waals surface area contributed by atoms with E-state index in [1.807, 2.05) is 6.07 Å². The van der Waals surface area contributed by atoms with Crippen molar-refractivity contribution in [2.45, 2.75) is 26.4 Å². The molecular formula is C13H14BrN3O6. The summed E-state index contributed by atoms with van der Waals surface area (Å²) in [5, 5.41) is 9.17. The Morgan fingerprint density at radius 1 is 1.09 bits per heavy atom. The van der Waals surface area contributed by atoms with Gasteiger partial charge in [0.1, 0.15) is 6.07 Å².